The summed E-state index contributed by atoms with van der Waals surface area (Å²) in [5.41, 5.74) is 3.95. The molecule has 1 unspecified atom stereocenters. The van der Waals surface area contributed by atoms with E-state index in [-0.39, 0.29) is 17.9 Å². The predicted molar refractivity (Wildman–Crippen MR) is 138 cm³/mol. The number of nitrogens with one attached hydrogen (secondary N) is 1. The highest BCUT2D eigenvalue weighted by Crippen LogP contribution is 2.20. The highest BCUT2D eigenvalue weighted by atomic mass is 16.2. The van der Waals surface area contributed by atoms with Crippen LogP contribution in [0.4, 0.5) is 0 Å². The Hall–Kier alpha value is -3.44. The van der Waals surface area contributed by atoms with Gasteiger partial charge in [-0.05, 0) is 60.7 Å². The van der Waals surface area contributed by atoms with Crippen LogP contribution in [0.2, 0.25) is 0 Å². The van der Waals surface area contributed by atoms with Crippen molar-refractivity contribution >= 4 is 27.7 Å². The van der Waals surface area contributed by atoms with E-state index in [9.17, 15) is 9.59 Å². The van der Waals surface area contributed by atoms with Crippen LogP contribution in [0, 0.1) is 5.92 Å². The molecule has 1 aromatic heterocycles. The van der Waals surface area contributed by atoms with Gasteiger partial charge in [0.2, 0.25) is 5.91 Å². The van der Waals surface area contributed by atoms with Crippen LogP contribution in [0.5, 0.6) is 0 Å². The van der Waals surface area contributed by atoms with Gasteiger partial charge in [-0.3, -0.25) is 14.5 Å². The Morgan fingerprint density at radius 1 is 0.912 bits per heavy atom. The second kappa shape index (κ2) is 9.82. The van der Waals surface area contributed by atoms with Crippen LogP contribution in [-0.4, -0.2) is 28.5 Å². The molecule has 4 aromatic rings. The Labute approximate surface area is 200 Å². The van der Waals surface area contributed by atoms with Gasteiger partial charge in [0.15, 0.2) is 5.43 Å². The molecule has 5 nitrogen and oxygen atoms in total. The summed E-state index contributed by atoms with van der Waals surface area (Å²) < 4.78 is 1.93. The predicted octanol–water partition coefficient (Wildman–Crippen LogP) is 4.70. The number of nitrogens with zero attached hydrogens (tertiary/aromatic N) is 2. The Bertz CT molecular complexity index is 1310. The van der Waals surface area contributed by atoms with Crippen molar-refractivity contribution in [3.05, 3.63) is 94.1 Å². The number of aromatic nitrogens is 1. The van der Waals surface area contributed by atoms with Crippen molar-refractivity contribution in [1.29, 1.82) is 0 Å². The molecule has 0 aliphatic carbocycles. The lowest BCUT2D eigenvalue weighted by Crippen LogP contribution is -2.33. The first-order valence-corrected chi connectivity index (χ1v) is 12.2. The number of piperidine rings is 1. The average molecular weight is 454 g/mol. The monoisotopic (exact) mass is 453 g/mol. The first kappa shape index (κ1) is 22.4. The fourth-order valence-corrected chi connectivity index (χ4v) is 5.10. The van der Waals surface area contributed by atoms with Gasteiger partial charge in [0.25, 0.3) is 0 Å². The van der Waals surface area contributed by atoms with Gasteiger partial charge in [-0.2, -0.15) is 0 Å². The molecular formula is C29H31N3O2. The highest BCUT2D eigenvalue weighted by molar-refractivity contribution is 5.94. The number of carbonyl (C=O) groups excluding carboxylic acids is 1. The molecule has 0 radical (unpaired) electrons. The first-order chi connectivity index (χ1) is 16.6. The number of benzene rings is 3. The molecule has 0 saturated carbocycles. The largest absolute Gasteiger partial charge is 0.350 e. The quantitative estimate of drug-likeness (QED) is 0.431. The van der Waals surface area contributed by atoms with Crippen molar-refractivity contribution in [3.8, 4) is 0 Å². The number of pyridine rings is 1. The molecule has 5 rings (SSSR count). The number of carbonyl (C=O) groups is 1. The lowest BCUT2D eigenvalue weighted by atomic mass is 9.99. The number of hydrogen-bond acceptors (Lipinski definition) is 3. The van der Waals surface area contributed by atoms with Crippen LogP contribution in [0.15, 0.2) is 77.6 Å². The summed E-state index contributed by atoms with van der Waals surface area (Å²) in [6.45, 7) is 6.31. The van der Waals surface area contributed by atoms with Crippen LogP contribution in [0.25, 0.3) is 21.8 Å². The van der Waals surface area contributed by atoms with Gasteiger partial charge in [-0.15, -0.1) is 0 Å². The zero-order valence-electron chi connectivity index (χ0n) is 19.7. The summed E-state index contributed by atoms with van der Waals surface area (Å²) >= 11 is 0. The van der Waals surface area contributed by atoms with Crippen molar-refractivity contribution in [2.45, 2.75) is 39.4 Å². The third-order valence-corrected chi connectivity index (χ3v) is 6.84. The van der Waals surface area contributed by atoms with Crippen molar-refractivity contribution in [2.75, 3.05) is 13.1 Å². The Balaban J connectivity index is 1.27. The molecule has 1 aliphatic heterocycles. The molecule has 0 bridgehead atoms. The molecule has 34 heavy (non-hydrogen) atoms. The fourth-order valence-electron chi connectivity index (χ4n) is 5.10. The molecule has 1 saturated heterocycles. The molecule has 0 spiro atoms. The summed E-state index contributed by atoms with van der Waals surface area (Å²) in [6.07, 6.45) is 2.62. The molecule has 2 heterocycles. The van der Waals surface area contributed by atoms with Gasteiger partial charge in [0.1, 0.15) is 6.54 Å². The van der Waals surface area contributed by atoms with E-state index >= 15 is 0 Å². The molecule has 1 fully saturated rings. The minimum absolute atomic E-state index is 0.00181. The summed E-state index contributed by atoms with van der Waals surface area (Å²) in [4.78, 5) is 28.3. The van der Waals surface area contributed by atoms with Crippen molar-refractivity contribution in [3.63, 3.8) is 0 Å². The topological polar surface area (TPSA) is 54.3 Å². The number of para-hydroxylation sites is 2. The minimum atomic E-state index is -0.0784. The average Bonchev–Trinajstić information content (AvgIpc) is 2.86. The van der Waals surface area contributed by atoms with E-state index in [1.54, 1.807) is 0 Å². The third kappa shape index (κ3) is 4.75. The number of hydrogen-bond donors (Lipinski definition) is 1. The maximum Gasteiger partial charge on any atom is 0.240 e. The number of amides is 1. The molecule has 174 valence electrons. The summed E-state index contributed by atoms with van der Waals surface area (Å²) in [5, 5.41) is 4.31. The van der Waals surface area contributed by atoms with Crippen LogP contribution >= 0.6 is 0 Å². The van der Waals surface area contributed by atoms with Crippen LogP contribution in [0.3, 0.4) is 0 Å². The number of rotatable bonds is 6. The van der Waals surface area contributed by atoms with Crippen molar-refractivity contribution in [1.82, 2.24) is 14.8 Å². The van der Waals surface area contributed by atoms with Crippen LogP contribution in [0.1, 0.15) is 30.9 Å². The van der Waals surface area contributed by atoms with Gasteiger partial charge in [0.05, 0.1) is 11.0 Å². The van der Waals surface area contributed by atoms with Gasteiger partial charge < -0.3 is 9.88 Å². The van der Waals surface area contributed by atoms with E-state index in [1.807, 2.05) is 53.1 Å². The van der Waals surface area contributed by atoms with Gasteiger partial charge in [-0.1, -0.05) is 55.5 Å². The molecule has 5 heteroatoms. The Morgan fingerprint density at radius 3 is 2.18 bits per heavy atom. The normalized spacial score (nSPS) is 16.7. The minimum Gasteiger partial charge on any atom is -0.350 e. The molecule has 3 aromatic carbocycles. The van der Waals surface area contributed by atoms with Crippen LogP contribution in [-0.2, 0) is 24.4 Å². The van der Waals surface area contributed by atoms with E-state index in [4.69, 9.17) is 0 Å². The lowest BCUT2D eigenvalue weighted by molar-refractivity contribution is -0.121. The Kier molecular flexibility index (Phi) is 6.45. The van der Waals surface area contributed by atoms with Gasteiger partial charge in [-0.25, -0.2) is 0 Å². The number of fused-ring (bicyclic) bond motifs is 2. The van der Waals surface area contributed by atoms with Gasteiger partial charge in [0, 0.05) is 30.4 Å². The highest BCUT2D eigenvalue weighted by Gasteiger charge is 2.16. The summed E-state index contributed by atoms with van der Waals surface area (Å²) in [5.74, 6) is 0.700. The zero-order chi connectivity index (χ0) is 23.5. The van der Waals surface area contributed by atoms with Gasteiger partial charge >= 0.3 is 0 Å². The molecular weight excluding hydrogens is 422 g/mol. The first-order valence-electron chi connectivity index (χ1n) is 12.2. The molecule has 1 N–H and O–H groups in total. The fraction of sp³-hybridized carbons (Fsp3) is 0.310. The zero-order valence-corrected chi connectivity index (χ0v) is 19.7. The van der Waals surface area contributed by atoms with Crippen LogP contribution < -0.4 is 10.7 Å². The maximum atomic E-state index is 12.9. The third-order valence-electron chi connectivity index (χ3n) is 6.84. The lowest BCUT2D eigenvalue weighted by Gasteiger charge is -2.30. The van der Waals surface area contributed by atoms with Crippen molar-refractivity contribution in [2.24, 2.45) is 5.92 Å². The van der Waals surface area contributed by atoms with E-state index in [0.717, 1.165) is 29.1 Å². The second-order valence-corrected chi connectivity index (χ2v) is 9.53. The molecule has 1 aliphatic rings. The smallest absolute Gasteiger partial charge is 0.240 e. The van der Waals surface area contributed by atoms with E-state index < -0.39 is 0 Å². The molecule has 1 amide bonds. The standard InChI is InChI=1S/C29H31N3O2/c1-21-7-6-16-31(18-21)19-23-14-12-22(13-15-23)17-30-28(33)20-32-26-10-4-2-8-24(26)29(34)25-9-3-5-11-27(25)32/h2-5,8-15,21H,6-7,16-20H2,1H3,(H,30,33). The Morgan fingerprint density at radius 2 is 1.53 bits per heavy atom. The molecule has 1 atom stereocenters. The SMILES string of the molecule is CC1CCCN(Cc2ccc(CNC(=O)Cn3c4ccccc4c(=O)c4ccccc43)cc2)C1. The second-order valence-electron chi connectivity index (χ2n) is 9.53. The van der Waals surface area contributed by atoms with E-state index in [1.165, 1.54) is 31.5 Å². The summed E-state index contributed by atoms with van der Waals surface area (Å²) in [6, 6.07) is 23.5. The van der Waals surface area contributed by atoms with E-state index in [2.05, 4.69) is 41.4 Å². The van der Waals surface area contributed by atoms with E-state index in [0.29, 0.717) is 17.3 Å². The number of likely N-dealkylation sites (tertiary alicyclic amines) is 1. The van der Waals surface area contributed by atoms with Crippen molar-refractivity contribution < 1.29 is 4.79 Å². The maximum absolute atomic E-state index is 12.9. The summed E-state index contributed by atoms with van der Waals surface area (Å²) in [7, 11) is 0.